The molecule has 3 rings (SSSR count). The van der Waals surface area contributed by atoms with Crippen molar-refractivity contribution in [2.45, 2.75) is 32.9 Å². The summed E-state index contributed by atoms with van der Waals surface area (Å²) >= 11 is 7.20. The highest BCUT2D eigenvalue weighted by Gasteiger charge is 2.42. The number of nitrogens with two attached hydrogens (primary N) is 1. The summed E-state index contributed by atoms with van der Waals surface area (Å²) in [5, 5.41) is 10.5. The van der Waals surface area contributed by atoms with E-state index < -0.39 is 12.0 Å². The first-order valence-corrected chi connectivity index (χ1v) is 9.15. The molecule has 8 heteroatoms. The molecule has 134 valence electrons. The highest BCUT2D eigenvalue weighted by atomic mass is 35.5. The fourth-order valence-electron chi connectivity index (χ4n) is 2.84. The molecule has 2 heterocycles. The van der Waals surface area contributed by atoms with Crippen molar-refractivity contribution < 1.29 is 9.53 Å². The molecule has 1 atom stereocenters. The third-order valence-electron chi connectivity index (χ3n) is 3.93. The molecule has 0 radical (unpaired) electrons. The van der Waals surface area contributed by atoms with E-state index in [0.717, 1.165) is 5.56 Å². The van der Waals surface area contributed by atoms with Gasteiger partial charge in [0.2, 0.25) is 0 Å². The number of carbonyl (C=O) groups excluding carboxylic acids is 1. The molecule has 0 amide bonds. The van der Waals surface area contributed by atoms with Crippen LogP contribution in [0.1, 0.15) is 32.4 Å². The summed E-state index contributed by atoms with van der Waals surface area (Å²) < 4.78 is 5.42. The van der Waals surface area contributed by atoms with Gasteiger partial charge in [0, 0.05) is 5.02 Å². The number of rotatable bonds is 3. The van der Waals surface area contributed by atoms with E-state index in [9.17, 15) is 10.1 Å². The van der Waals surface area contributed by atoms with Gasteiger partial charge in [-0.2, -0.15) is 5.26 Å². The summed E-state index contributed by atoms with van der Waals surface area (Å²) in [5.41, 5.74) is 7.94. The lowest BCUT2D eigenvalue weighted by molar-refractivity contribution is -0.143. The number of allylic oxidation sites excluding steroid dienone is 2. The van der Waals surface area contributed by atoms with E-state index in [1.54, 1.807) is 37.8 Å². The van der Waals surface area contributed by atoms with E-state index in [-0.39, 0.29) is 11.9 Å². The SMILES string of the molecule is CC1=C(C(=O)OC(C)C)[C@H](c2ccc(Cl)cc2)N2C(=N1)SC(C#N)=C2N. The molecule has 1 aromatic rings. The first kappa shape index (κ1) is 18.4. The molecule has 6 nitrogen and oxygen atoms in total. The zero-order valence-electron chi connectivity index (χ0n) is 14.5. The Labute approximate surface area is 161 Å². The minimum atomic E-state index is -0.538. The second kappa shape index (κ2) is 7.06. The van der Waals surface area contributed by atoms with Crippen LogP contribution in [0.5, 0.6) is 0 Å². The van der Waals surface area contributed by atoms with Crippen LogP contribution in [-0.2, 0) is 9.53 Å². The Balaban J connectivity index is 2.16. The summed E-state index contributed by atoms with van der Waals surface area (Å²) in [4.78, 5) is 19.3. The molecule has 0 bridgehead atoms. The van der Waals surface area contributed by atoms with Gasteiger partial charge in [-0.1, -0.05) is 23.7 Å². The highest BCUT2D eigenvalue weighted by molar-refractivity contribution is 8.17. The quantitative estimate of drug-likeness (QED) is 0.794. The number of esters is 1. The van der Waals surface area contributed by atoms with Crippen molar-refractivity contribution in [1.29, 1.82) is 5.26 Å². The number of carbonyl (C=O) groups is 1. The molecule has 26 heavy (non-hydrogen) atoms. The maximum Gasteiger partial charge on any atom is 0.338 e. The van der Waals surface area contributed by atoms with Crippen molar-refractivity contribution in [3.8, 4) is 6.07 Å². The number of fused-ring (bicyclic) bond motifs is 1. The van der Waals surface area contributed by atoms with Gasteiger partial charge in [-0.15, -0.1) is 0 Å². The Morgan fingerprint density at radius 3 is 2.65 bits per heavy atom. The maximum absolute atomic E-state index is 12.8. The summed E-state index contributed by atoms with van der Waals surface area (Å²) in [6.07, 6.45) is -0.269. The monoisotopic (exact) mass is 388 g/mol. The van der Waals surface area contributed by atoms with Crippen LogP contribution in [0.3, 0.4) is 0 Å². The van der Waals surface area contributed by atoms with Gasteiger partial charge in [-0.25, -0.2) is 9.79 Å². The van der Waals surface area contributed by atoms with Crippen molar-refractivity contribution in [2.24, 2.45) is 10.7 Å². The molecular weight excluding hydrogens is 372 g/mol. The van der Waals surface area contributed by atoms with Crippen LogP contribution in [0.25, 0.3) is 0 Å². The standard InChI is InChI=1S/C18H17ClN4O2S/c1-9(2)25-17(24)14-10(3)22-18-23(16(21)13(8-20)26-18)15(14)11-4-6-12(19)7-5-11/h4-7,9,15H,21H2,1-3H3/t15-/m0/s1. The maximum atomic E-state index is 12.8. The number of thioether (sulfide) groups is 1. The van der Waals surface area contributed by atoms with Gasteiger partial charge in [0.15, 0.2) is 5.17 Å². The van der Waals surface area contributed by atoms with E-state index >= 15 is 0 Å². The molecule has 0 aliphatic carbocycles. The molecule has 2 aliphatic rings. The molecular formula is C18H17ClN4O2S. The predicted octanol–water partition coefficient (Wildman–Crippen LogP) is 3.68. The van der Waals surface area contributed by atoms with Crippen LogP contribution < -0.4 is 5.73 Å². The van der Waals surface area contributed by atoms with E-state index in [0.29, 0.717) is 26.4 Å². The van der Waals surface area contributed by atoms with Gasteiger partial charge in [-0.05, 0) is 50.2 Å². The van der Waals surface area contributed by atoms with E-state index in [1.165, 1.54) is 11.8 Å². The number of halogens is 1. The number of aliphatic imine (C=N–C) groups is 1. The Morgan fingerprint density at radius 1 is 1.42 bits per heavy atom. The van der Waals surface area contributed by atoms with Crippen LogP contribution in [0, 0.1) is 11.3 Å². The Hall–Kier alpha value is -2.43. The Kier molecular flexibility index (Phi) is 4.99. The topological polar surface area (TPSA) is 91.7 Å². The lowest BCUT2D eigenvalue weighted by Gasteiger charge is -2.35. The molecule has 2 aliphatic heterocycles. The third kappa shape index (κ3) is 3.18. The minimum absolute atomic E-state index is 0.269. The predicted molar refractivity (Wildman–Crippen MR) is 102 cm³/mol. The van der Waals surface area contributed by atoms with Crippen molar-refractivity contribution in [3.05, 3.63) is 56.8 Å². The van der Waals surface area contributed by atoms with Gasteiger partial charge >= 0.3 is 5.97 Å². The largest absolute Gasteiger partial charge is 0.459 e. The Bertz CT molecular complexity index is 897. The van der Waals surface area contributed by atoms with Crippen molar-refractivity contribution in [1.82, 2.24) is 4.90 Å². The molecule has 1 aromatic carbocycles. The minimum Gasteiger partial charge on any atom is -0.459 e. The van der Waals surface area contributed by atoms with Crippen molar-refractivity contribution in [2.75, 3.05) is 0 Å². The van der Waals surface area contributed by atoms with E-state index in [2.05, 4.69) is 11.1 Å². The number of hydrogen-bond donors (Lipinski definition) is 1. The van der Waals surface area contributed by atoms with E-state index in [1.807, 2.05) is 12.1 Å². The molecule has 0 aromatic heterocycles. The number of hydrogen-bond acceptors (Lipinski definition) is 7. The summed E-state index contributed by atoms with van der Waals surface area (Å²) in [6, 6.07) is 8.69. The fourth-order valence-corrected chi connectivity index (χ4v) is 3.88. The van der Waals surface area contributed by atoms with Gasteiger partial charge in [0.05, 0.1) is 23.4 Å². The van der Waals surface area contributed by atoms with Gasteiger partial charge in [0.1, 0.15) is 16.8 Å². The zero-order valence-corrected chi connectivity index (χ0v) is 16.1. The third-order valence-corrected chi connectivity index (χ3v) is 5.15. The first-order valence-electron chi connectivity index (χ1n) is 7.96. The van der Waals surface area contributed by atoms with Gasteiger partial charge in [-0.3, -0.25) is 4.90 Å². The number of ether oxygens (including phenoxy) is 1. The summed E-state index contributed by atoms with van der Waals surface area (Å²) in [6.45, 7) is 5.33. The summed E-state index contributed by atoms with van der Waals surface area (Å²) in [5.74, 6) is -0.179. The van der Waals surface area contributed by atoms with Crippen LogP contribution in [0.4, 0.5) is 0 Å². The highest BCUT2D eigenvalue weighted by Crippen LogP contribution is 2.45. The average Bonchev–Trinajstić information content (AvgIpc) is 2.89. The number of benzene rings is 1. The van der Waals surface area contributed by atoms with E-state index in [4.69, 9.17) is 22.1 Å². The second-order valence-corrected chi connectivity index (χ2v) is 7.51. The van der Waals surface area contributed by atoms with Gasteiger partial charge in [0.25, 0.3) is 0 Å². The van der Waals surface area contributed by atoms with Crippen LogP contribution >= 0.6 is 23.4 Å². The smallest absolute Gasteiger partial charge is 0.338 e. The van der Waals surface area contributed by atoms with Gasteiger partial charge < -0.3 is 10.5 Å². The van der Waals surface area contributed by atoms with Crippen molar-refractivity contribution in [3.63, 3.8) is 0 Å². The Morgan fingerprint density at radius 2 is 2.08 bits per heavy atom. The zero-order chi connectivity index (χ0) is 19.0. The first-order chi connectivity index (χ1) is 12.3. The molecule has 0 saturated heterocycles. The molecule has 0 unspecified atom stereocenters. The van der Waals surface area contributed by atoms with Crippen molar-refractivity contribution >= 4 is 34.5 Å². The number of nitrogens with zero attached hydrogens (tertiary/aromatic N) is 3. The van der Waals surface area contributed by atoms with Crippen LogP contribution in [0.2, 0.25) is 5.02 Å². The van der Waals surface area contributed by atoms with Crippen LogP contribution in [-0.4, -0.2) is 22.1 Å². The number of amidine groups is 1. The lowest BCUT2D eigenvalue weighted by atomic mass is 9.94. The normalized spacial score (nSPS) is 19.5. The second-order valence-electron chi connectivity index (χ2n) is 6.10. The fraction of sp³-hybridized carbons (Fsp3) is 0.278. The molecule has 0 fully saturated rings. The lowest BCUT2D eigenvalue weighted by Crippen LogP contribution is -2.39. The van der Waals surface area contributed by atoms with Crippen LogP contribution in [0.15, 0.2) is 51.3 Å². The average molecular weight is 389 g/mol. The number of nitriles is 1. The molecule has 0 spiro atoms. The summed E-state index contributed by atoms with van der Waals surface area (Å²) in [7, 11) is 0. The molecule has 0 saturated carbocycles. The molecule has 2 N–H and O–H groups in total.